The molecule has 118 valence electrons. The highest BCUT2D eigenvalue weighted by atomic mass is 35.5. The zero-order valence-electron chi connectivity index (χ0n) is 12.4. The lowest BCUT2D eigenvalue weighted by atomic mass is 9.91. The predicted octanol–water partition coefficient (Wildman–Crippen LogP) is 3.43. The summed E-state index contributed by atoms with van der Waals surface area (Å²) in [4.78, 5) is 4.30. The Labute approximate surface area is 140 Å². The molecule has 6 heteroatoms. The second-order valence-electron chi connectivity index (χ2n) is 4.89. The number of hydrogen-bond acceptors (Lipinski definition) is 4. The van der Waals surface area contributed by atoms with E-state index in [-0.39, 0.29) is 5.92 Å². The standard InChI is InChI=1S/C16H18Cl2N2O2/c1-19-9-11(10-6-7-12(17)13(18)8-10)16(21)14-4-3-5-15(20-14)22-2/h3-8,11,16,19,21H,9H2,1-2H3/t11-,16+/m0/s1. The Balaban J connectivity index is 2.35. The minimum absolute atomic E-state index is 0.209. The van der Waals surface area contributed by atoms with Crippen molar-refractivity contribution in [3.8, 4) is 5.88 Å². The summed E-state index contributed by atoms with van der Waals surface area (Å²) < 4.78 is 5.11. The normalized spacial score (nSPS) is 13.7. The maximum absolute atomic E-state index is 10.7. The van der Waals surface area contributed by atoms with Crippen molar-refractivity contribution in [2.75, 3.05) is 20.7 Å². The number of rotatable bonds is 6. The number of aliphatic hydroxyl groups excluding tert-OH is 1. The van der Waals surface area contributed by atoms with Gasteiger partial charge < -0.3 is 15.2 Å². The van der Waals surface area contributed by atoms with Crippen molar-refractivity contribution in [1.29, 1.82) is 0 Å². The highest BCUT2D eigenvalue weighted by Crippen LogP contribution is 2.33. The van der Waals surface area contributed by atoms with Gasteiger partial charge in [0.1, 0.15) is 6.10 Å². The zero-order chi connectivity index (χ0) is 16.1. The molecule has 0 bridgehead atoms. The number of nitrogens with one attached hydrogen (secondary N) is 1. The van der Waals surface area contributed by atoms with E-state index in [4.69, 9.17) is 27.9 Å². The Morgan fingerprint density at radius 2 is 2.00 bits per heavy atom. The summed E-state index contributed by atoms with van der Waals surface area (Å²) in [5.41, 5.74) is 1.44. The summed E-state index contributed by atoms with van der Waals surface area (Å²) in [5, 5.41) is 14.7. The smallest absolute Gasteiger partial charge is 0.213 e. The summed E-state index contributed by atoms with van der Waals surface area (Å²) in [5.74, 6) is 0.258. The maximum atomic E-state index is 10.7. The van der Waals surface area contributed by atoms with Gasteiger partial charge in [-0.25, -0.2) is 4.98 Å². The van der Waals surface area contributed by atoms with Crippen molar-refractivity contribution in [3.63, 3.8) is 0 Å². The number of halogens is 2. The van der Waals surface area contributed by atoms with Crippen LogP contribution in [0, 0.1) is 0 Å². The van der Waals surface area contributed by atoms with E-state index in [0.29, 0.717) is 28.2 Å². The third kappa shape index (κ3) is 3.90. The van der Waals surface area contributed by atoms with Gasteiger partial charge in [0, 0.05) is 18.5 Å². The highest BCUT2D eigenvalue weighted by molar-refractivity contribution is 6.42. The van der Waals surface area contributed by atoms with Crippen LogP contribution in [0.2, 0.25) is 10.0 Å². The average Bonchev–Trinajstić information content (AvgIpc) is 2.54. The van der Waals surface area contributed by atoms with Gasteiger partial charge in [0.2, 0.25) is 5.88 Å². The molecule has 0 amide bonds. The topological polar surface area (TPSA) is 54.4 Å². The number of ether oxygens (including phenoxy) is 1. The van der Waals surface area contributed by atoms with Gasteiger partial charge in [0.15, 0.2) is 0 Å². The van der Waals surface area contributed by atoms with Gasteiger partial charge >= 0.3 is 0 Å². The van der Waals surface area contributed by atoms with Crippen LogP contribution in [0.5, 0.6) is 5.88 Å². The quantitative estimate of drug-likeness (QED) is 0.845. The molecule has 2 N–H and O–H groups in total. The van der Waals surface area contributed by atoms with Crippen LogP contribution in [-0.2, 0) is 0 Å². The number of pyridine rings is 1. The first kappa shape index (κ1) is 17.0. The lowest BCUT2D eigenvalue weighted by molar-refractivity contribution is 0.139. The first-order valence-electron chi connectivity index (χ1n) is 6.85. The number of methoxy groups -OCH3 is 1. The van der Waals surface area contributed by atoms with E-state index in [9.17, 15) is 5.11 Å². The van der Waals surface area contributed by atoms with E-state index >= 15 is 0 Å². The van der Waals surface area contributed by atoms with Crippen LogP contribution in [0.1, 0.15) is 23.3 Å². The molecule has 0 saturated carbocycles. The number of nitrogens with zero attached hydrogens (tertiary/aromatic N) is 1. The summed E-state index contributed by atoms with van der Waals surface area (Å²) in [7, 11) is 3.37. The van der Waals surface area contributed by atoms with Crippen LogP contribution in [0.3, 0.4) is 0 Å². The van der Waals surface area contributed by atoms with Gasteiger partial charge in [-0.15, -0.1) is 0 Å². The van der Waals surface area contributed by atoms with Crippen LogP contribution in [-0.4, -0.2) is 30.8 Å². The minimum atomic E-state index is -0.792. The fraction of sp³-hybridized carbons (Fsp3) is 0.312. The Morgan fingerprint density at radius 3 is 2.64 bits per heavy atom. The summed E-state index contributed by atoms with van der Waals surface area (Å²) in [6, 6.07) is 10.7. The van der Waals surface area contributed by atoms with Gasteiger partial charge in [0.25, 0.3) is 0 Å². The lowest BCUT2D eigenvalue weighted by Gasteiger charge is -2.23. The number of benzene rings is 1. The van der Waals surface area contributed by atoms with Crippen molar-refractivity contribution in [2.45, 2.75) is 12.0 Å². The summed E-state index contributed by atoms with van der Waals surface area (Å²) >= 11 is 12.0. The number of hydrogen-bond donors (Lipinski definition) is 2. The summed E-state index contributed by atoms with van der Waals surface area (Å²) in [6.45, 7) is 0.567. The molecule has 0 radical (unpaired) electrons. The lowest BCUT2D eigenvalue weighted by Crippen LogP contribution is -2.23. The Morgan fingerprint density at radius 1 is 1.23 bits per heavy atom. The van der Waals surface area contributed by atoms with Gasteiger partial charge in [0.05, 0.1) is 22.8 Å². The van der Waals surface area contributed by atoms with Crippen molar-refractivity contribution in [3.05, 3.63) is 57.7 Å². The third-order valence-electron chi connectivity index (χ3n) is 3.43. The second kappa shape index (κ2) is 7.79. The molecule has 22 heavy (non-hydrogen) atoms. The van der Waals surface area contributed by atoms with Crippen molar-refractivity contribution in [1.82, 2.24) is 10.3 Å². The van der Waals surface area contributed by atoms with Crippen molar-refractivity contribution < 1.29 is 9.84 Å². The van der Waals surface area contributed by atoms with Gasteiger partial charge in [-0.3, -0.25) is 0 Å². The van der Waals surface area contributed by atoms with Crippen molar-refractivity contribution >= 4 is 23.2 Å². The van der Waals surface area contributed by atoms with Crippen LogP contribution in [0.25, 0.3) is 0 Å². The van der Waals surface area contributed by atoms with Crippen molar-refractivity contribution in [2.24, 2.45) is 0 Å². The molecule has 0 saturated heterocycles. The molecule has 0 unspecified atom stereocenters. The third-order valence-corrected chi connectivity index (χ3v) is 4.17. The van der Waals surface area contributed by atoms with Gasteiger partial charge in [-0.2, -0.15) is 0 Å². The first-order chi connectivity index (χ1) is 10.6. The molecule has 0 aliphatic rings. The number of likely N-dealkylation sites (N-methyl/N-ethyl adjacent to an activating group) is 1. The summed E-state index contributed by atoms with van der Waals surface area (Å²) in [6.07, 6.45) is -0.792. The van der Waals surface area contributed by atoms with E-state index in [1.54, 1.807) is 37.4 Å². The van der Waals surface area contributed by atoms with Crippen LogP contribution >= 0.6 is 23.2 Å². The van der Waals surface area contributed by atoms with E-state index < -0.39 is 6.10 Å². The SMILES string of the molecule is CNC[C@@H](c1ccc(Cl)c(Cl)c1)[C@@H](O)c1cccc(OC)n1. The van der Waals surface area contributed by atoms with E-state index in [0.717, 1.165) is 5.56 Å². The largest absolute Gasteiger partial charge is 0.481 e. The van der Waals surface area contributed by atoms with E-state index in [2.05, 4.69) is 10.3 Å². The van der Waals surface area contributed by atoms with Gasteiger partial charge in [-0.05, 0) is 30.8 Å². The molecule has 0 aliphatic heterocycles. The molecule has 2 rings (SSSR count). The molecule has 0 aliphatic carbocycles. The Kier molecular flexibility index (Phi) is 6.03. The molecular formula is C16H18Cl2N2O2. The first-order valence-corrected chi connectivity index (χ1v) is 7.61. The average molecular weight is 341 g/mol. The van der Waals surface area contributed by atoms with Crippen LogP contribution in [0.15, 0.2) is 36.4 Å². The van der Waals surface area contributed by atoms with Gasteiger partial charge in [-0.1, -0.05) is 35.3 Å². The highest BCUT2D eigenvalue weighted by Gasteiger charge is 2.24. The molecule has 1 heterocycles. The Hall–Kier alpha value is -1.33. The monoisotopic (exact) mass is 340 g/mol. The fourth-order valence-electron chi connectivity index (χ4n) is 2.29. The molecule has 2 aromatic rings. The molecule has 4 nitrogen and oxygen atoms in total. The molecule has 0 spiro atoms. The Bertz CT molecular complexity index is 637. The zero-order valence-corrected chi connectivity index (χ0v) is 13.9. The number of aliphatic hydroxyl groups is 1. The fourth-order valence-corrected chi connectivity index (χ4v) is 2.60. The van der Waals surface area contributed by atoms with Crippen LogP contribution < -0.4 is 10.1 Å². The molecule has 1 aromatic carbocycles. The maximum Gasteiger partial charge on any atom is 0.213 e. The molecular weight excluding hydrogens is 323 g/mol. The van der Waals surface area contributed by atoms with Crippen LogP contribution in [0.4, 0.5) is 0 Å². The van der Waals surface area contributed by atoms with E-state index in [1.807, 2.05) is 13.1 Å². The second-order valence-corrected chi connectivity index (χ2v) is 5.70. The van der Waals surface area contributed by atoms with E-state index in [1.165, 1.54) is 0 Å². The predicted molar refractivity (Wildman–Crippen MR) is 88.9 cm³/mol. The molecule has 0 fully saturated rings. The number of aromatic nitrogens is 1. The minimum Gasteiger partial charge on any atom is -0.481 e. The molecule has 2 atom stereocenters. The molecule has 1 aromatic heterocycles.